The molecule has 1 aliphatic rings. The first kappa shape index (κ1) is 13.6. The first-order chi connectivity index (χ1) is 10.1. The van der Waals surface area contributed by atoms with Gasteiger partial charge in [-0.25, -0.2) is 0 Å². The molecule has 0 saturated heterocycles. The first-order valence-corrected chi connectivity index (χ1v) is 7.21. The van der Waals surface area contributed by atoms with E-state index in [1.54, 1.807) is 0 Å². The Bertz CT molecular complexity index is 730. The molecule has 0 aliphatic carbocycles. The molecule has 1 aromatic heterocycles. The molecule has 0 N–H and O–H groups in total. The highest BCUT2D eigenvalue weighted by Gasteiger charge is 2.26. The molecule has 106 valence electrons. The zero-order chi connectivity index (χ0) is 15.0. The van der Waals surface area contributed by atoms with Gasteiger partial charge in [0.25, 0.3) is 0 Å². The lowest BCUT2D eigenvalue weighted by Gasteiger charge is -2.34. The number of aromatic nitrogens is 2. The zero-order valence-corrected chi connectivity index (χ0v) is 12.6. The molecule has 1 atom stereocenters. The van der Waals surface area contributed by atoms with Gasteiger partial charge in [-0.2, -0.15) is 10.4 Å². The second-order valence-electron chi connectivity index (χ2n) is 5.77. The molecule has 3 rings (SSSR count). The van der Waals surface area contributed by atoms with Gasteiger partial charge in [0.1, 0.15) is 11.6 Å². The number of para-hydroxylation sites is 1. The summed E-state index contributed by atoms with van der Waals surface area (Å²) < 4.78 is 0. The summed E-state index contributed by atoms with van der Waals surface area (Å²) in [5.41, 5.74) is 4.81. The number of hydrogen-bond acceptors (Lipinski definition) is 4. The summed E-state index contributed by atoms with van der Waals surface area (Å²) in [6.07, 6.45) is 1.06. The molecule has 2 aromatic rings. The van der Waals surface area contributed by atoms with Crippen molar-refractivity contribution in [2.45, 2.75) is 27.2 Å². The van der Waals surface area contributed by atoms with Crippen LogP contribution in [-0.4, -0.2) is 16.7 Å². The lowest BCUT2D eigenvalue weighted by molar-refractivity contribution is 0.558. The Hall–Kier alpha value is -2.41. The molecule has 0 amide bonds. The van der Waals surface area contributed by atoms with Gasteiger partial charge >= 0.3 is 0 Å². The quantitative estimate of drug-likeness (QED) is 0.803. The van der Waals surface area contributed by atoms with E-state index in [1.165, 1.54) is 5.56 Å². The van der Waals surface area contributed by atoms with E-state index < -0.39 is 0 Å². The topological polar surface area (TPSA) is 52.8 Å². The van der Waals surface area contributed by atoms with E-state index in [0.717, 1.165) is 29.9 Å². The third-order valence-electron chi connectivity index (χ3n) is 4.15. The van der Waals surface area contributed by atoms with Crippen LogP contribution in [0.1, 0.15) is 29.3 Å². The van der Waals surface area contributed by atoms with E-state index in [1.807, 2.05) is 19.9 Å². The summed E-state index contributed by atoms with van der Waals surface area (Å²) in [5, 5.41) is 18.1. The van der Waals surface area contributed by atoms with Gasteiger partial charge in [0.05, 0.1) is 5.69 Å². The van der Waals surface area contributed by atoms with Gasteiger partial charge in [-0.05, 0) is 43.4 Å². The van der Waals surface area contributed by atoms with Crippen LogP contribution in [0.15, 0.2) is 24.3 Å². The molecule has 21 heavy (non-hydrogen) atoms. The van der Waals surface area contributed by atoms with Gasteiger partial charge in [0, 0.05) is 12.2 Å². The Balaban J connectivity index is 2.18. The van der Waals surface area contributed by atoms with E-state index >= 15 is 0 Å². The molecule has 1 unspecified atom stereocenters. The maximum Gasteiger partial charge on any atom is 0.173 e. The van der Waals surface area contributed by atoms with Crippen LogP contribution in [-0.2, 0) is 6.42 Å². The maximum absolute atomic E-state index is 9.52. The Morgan fingerprint density at radius 2 is 2.00 bits per heavy atom. The van der Waals surface area contributed by atoms with E-state index in [2.05, 4.69) is 46.3 Å². The summed E-state index contributed by atoms with van der Waals surface area (Å²) in [6.45, 7) is 6.91. The van der Waals surface area contributed by atoms with Gasteiger partial charge < -0.3 is 4.90 Å². The summed E-state index contributed by atoms with van der Waals surface area (Å²) in [7, 11) is 0. The Morgan fingerprint density at radius 3 is 2.76 bits per heavy atom. The van der Waals surface area contributed by atoms with Crippen molar-refractivity contribution < 1.29 is 0 Å². The fourth-order valence-electron chi connectivity index (χ4n) is 2.92. The fourth-order valence-corrected chi connectivity index (χ4v) is 2.92. The van der Waals surface area contributed by atoms with Crippen LogP contribution in [0, 0.1) is 31.1 Å². The predicted molar refractivity (Wildman–Crippen MR) is 82.5 cm³/mol. The van der Waals surface area contributed by atoms with Crippen molar-refractivity contribution in [1.29, 1.82) is 5.26 Å². The number of rotatable bonds is 1. The monoisotopic (exact) mass is 278 g/mol. The zero-order valence-electron chi connectivity index (χ0n) is 12.6. The summed E-state index contributed by atoms with van der Waals surface area (Å²) in [6, 6.07) is 10.6. The molecule has 0 bridgehead atoms. The lowest BCUT2D eigenvalue weighted by Crippen LogP contribution is -2.32. The largest absolute Gasteiger partial charge is 0.323 e. The molecular weight excluding hydrogens is 260 g/mol. The second-order valence-corrected chi connectivity index (χ2v) is 5.77. The van der Waals surface area contributed by atoms with Crippen LogP contribution >= 0.6 is 0 Å². The van der Waals surface area contributed by atoms with Crippen LogP contribution in [0.3, 0.4) is 0 Å². The number of nitriles is 1. The molecule has 1 aromatic carbocycles. The summed E-state index contributed by atoms with van der Waals surface area (Å²) in [5.74, 6) is 1.20. The predicted octanol–water partition coefficient (Wildman–Crippen LogP) is 3.30. The van der Waals surface area contributed by atoms with Crippen molar-refractivity contribution in [2.24, 2.45) is 5.92 Å². The van der Waals surface area contributed by atoms with Crippen molar-refractivity contribution in [3.05, 3.63) is 46.6 Å². The van der Waals surface area contributed by atoms with E-state index in [-0.39, 0.29) is 0 Å². The average molecular weight is 278 g/mol. The molecule has 0 spiro atoms. The minimum atomic E-state index is 0.523. The molecule has 0 saturated carbocycles. The number of hydrogen-bond donors (Lipinski definition) is 0. The number of aryl methyl sites for hydroxylation is 1. The fraction of sp³-hybridized carbons (Fsp3) is 0.353. The van der Waals surface area contributed by atoms with Gasteiger partial charge in [-0.1, -0.05) is 25.1 Å². The molecule has 1 aliphatic heterocycles. The van der Waals surface area contributed by atoms with Gasteiger partial charge in [0.15, 0.2) is 5.82 Å². The number of nitrogens with zero attached hydrogens (tertiary/aromatic N) is 4. The van der Waals surface area contributed by atoms with Gasteiger partial charge in [0.2, 0.25) is 0 Å². The first-order valence-electron chi connectivity index (χ1n) is 7.21. The van der Waals surface area contributed by atoms with Crippen LogP contribution in [0.25, 0.3) is 0 Å². The van der Waals surface area contributed by atoms with Crippen LogP contribution in [0.2, 0.25) is 0 Å². The van der Waals surface area contributed by atoms with E-state index in [4.69, 9.17) is 0 Å². The van der Waals surface area contributed by atoms with Crippen LogP contribution in [0.4, 0.5) is 11.5 Å². The standard InChI is InChI=1S/C17H18N4/c1-11-8-14-6-4-5-7-16(14)21(10-11)17-15(9-18)12(2)13(3)19-20-17/h4-7,11H,8,10H2,1-3H3. The van der Waals surface area contributed by atoms with Crippen LogP contribution < -0.4 is 4.90 Å². The Labute approximate surface area is 125 Å². The smallest absolute Gasteiger partial charge is 0.173 e. The molecule has 2 heterocycles. The third kappa shape index (κ3) is 2.25. The molecule has 4 heteroatoms. The van der Waals surface area contributed by atoms with E-state index in [0.29, 0.717) is 17.3 Å². The van der Waals surface area contributed by atoms with Crippen molar-refractivity contribution in [2.75, 3.05) is 11.4 Å². The molecule has 0 radical (unpaired) electrons. The van der Waals surface area contributed by atoms with E-state index in [9.17, 15) is 5.26 Å². The van der Waals surface area contributed by atoms with Crippen LogP contribution in [0.5, 0.6) is 0 Å². The van der Waals surface area contributed by atoms with Crippen molar-refractivity contribution in [3.63, 3.8) is 0 Å². The highest BCUT2D eigenvalue weighted by Crippen LogP contribution is 2.36. The highest BCUT2D eigenvalue weighted by atomic mass is 15.3. The lowest BCUT2D eigenvalue weighted by atomic mass is 9.93. The number of fused-ring (bicyclic) bond motifs is 1. The minimum Gasteiger partial charge on any atom is -0.323 e. The SMILES string of the molecule is Cc1nnc(N2CC(C)Cc3ccccc32)c(C#N)c1C. The Morgan fingerprint density at radius 1 is 1.24 bits per heavy atom. The second kappa shape index (κ2) is 5.17. The summed E-state index contributed by atoms with van der Waals surface area (Å²) >= 11 is 0. The van der Waals surface area contributed by atoms with Crippen molar-refractivity contribution in [1.82, 2.24) is 10.2 Å². The average Bonchev–Trinajstić information content (AvgIpc) is 2.49. The normalized spacial score (nSPS) is 17.2. The van der Waals surface area contributed by atoms with Crippen molar-refractivity contribution in [3.8, 4) is 6.07 Å². The number of benzene rings is 1. The third-order valence-corrected chi connectivity index (χ3v) is 4.15. The maximum atomic E-state index is 9.52. The van der Waals surface area contributed by atoms with Gasteiger partial charge in [-0.3, -0.25) is 0 Å². The molecule has 0 fully saturated rings. The minimum absolute atomic E-state index is 0.523. The van der Waals surface area contributed by atoms with Gasteiger partial charge in [-0.15, -0.1) is 5.10 Å². The summed E-state index contributed by atoms with van der Waals surface area (Å²) in [4.78, 5) is 2.14. The molecule has 4 nitrogen and oxygen atoms in total. The Kier molecular flexibility index (Phi) is 3.34. The van der Waals surface area contributed by atoms with Crippen molar-refractivity contribution >= 4 is 11.5 Å². The highest BCUT2D eigenvalue weighted by molar-refractivity contribution is 5.70. The number of anilines is 2. The molecular formula is C17H18N4.